The van der Waals surface area contributed by atoms with Crippen molar-refractivity contribution in [1.82, 2.24) is 14.8 Å². The fraction of sp³-hybridized carbons (Fsp3) is 0.474. The van der Waals surface area contributed by atoms with Crippen molar-refractivity contribution in [1.29, 1.82) is 0 Å². The molecular weight excluding hydrogens is 410 g/mol. The number of aromatic nitrogens is 1. The number of hydrogen-bond acceptors (Lipinski definition) is 5. The maximum Gasteiger partial charge on any atom is 0.401 e. The molecule has 1 fully saturated rings. The van der Waals surface area contributed by atoms with E-state index >= 15 is 0 Å². The van der Waals surface area contributed by atoms with E-state index in [9.17, 15) is 22.4 Å². The summed E-state index contributed by atoms with van der Waals surface area (Å²) in [5.41, 5.74) is 0.564. The summed E-state index contributed by atoms with van der Waals surface area (Å²) in [6.45, 7) is 2.05. The van der Waals surface area contributed by atoms with Crippen molar-refractivity contribution in [2.24, 2.45) is 0 Å². The second-order valence-electron chi connectivity index (χ2n) is 6.80. The minimum atomic E-state index is -4.24. The second-order valence-corrected chi connectivity index (χ2v) is 7.89. The Morgan fingerprint density at radius 1 is 1.17 bits per heavy atom. The van der Waals surface area contributed by atoms with Crippen LogP contribution < -0.4 is 4.74 Å². The van der Waals surface area contributed by atoms with Crippen LogP contribution in [-0.2, 0) is 6.61 Å². The Balaban J connectivity index is 1.60. The van der Waals surface area contributed by atoms with Crippen molar-refractivity contribution in [3.63, 3.8) is 0 Å². The number of ether oxygens (including phenoxy) is 1. The number of halogens is 4. The molecule has 1 aromatic heterocycles. The molecule has 1 aliphatic rings. The standard InChI is InChI=1S/C19H21F4N3O2S/c1-13-17(29-16(24-13)11-28-15-5-3-14(20)4-6-15)18(27)26-8-2-7-25(9-10-26)12-19(21,22)23/h3-6H,2,7-12H2,1H3. The molecule has 158 valence electrons. The molecule has 2 heterocycles. The van der Waals surface area contributed by atoms with E-state index in [2.05, 4.69) is 4.98 Å². The molecular formula is C19H21F4N3O2S. The number of amides is 1. The van der Waals surface area contributed by atoms with Crippen LogP contribution in [0.3, 0.4) is 0 Å². The minimum Gasteiger partial charge on any atom is -0.486 e. The van der Waals surface area contributed by atoms with Crippen LogP contribution in [0.5, 0.6) is 5.75 Å². The Morgan fingerprint density at radius 2 is 1.90 bits per heavy atom. The quantitative estimate of drug-likeness (QED) is 0.674. The molecule has 0 N–H and O–H groups in total. The highest BCUT2D eigenvalue weighted by Crippen LogP contribution is 2.23. The predicted octanol–water partition coefficient (Wildman–Crippen LogP) is 3.88. The fourth-order valence-electron chi connectivity index (χ4n) is 3.12. The van der Waals surface area contributed by atoms with E-state index < -0.39 is 12.7 Å². The Labute approximate surface area is 169 Å². The summed E-state index contributed by atoms with van der Waals surface area (Å²) in [7, 11) is 0. The van der Waals surface area contributed by atoms with Crippen LogP contribution in [0.4, 0.5) is 17.6 Å². The van der Waals surface area contributed by atoms with Gasteiger partial charge in [-0.25, -0.2) is 9.37 Å². The summed E-state index contributed by atoms with van der Waals surface area (Å²) in [6.07, 6.45) is -3.76. The molecule has 0 saturated carbocycles. The second kappa shape index (κ2) is 9.08. The topological polar surface area (TPSA) is 45.7 Å². The number of rotatable bonds is 5. The van der Waals surface area contributed by atoms with Gasteiger partial charge in [0, 0.05) is 26.2 Å². The van der Waals surface area contributed by atoms with Gasteiger partial charge in [0.15, 0.2) is 0 Å². The highest BCUT2D eigenvalue weighted by atomic mass is 32.1. The number of carbonyl (C=O) groups excluding carboxylic acids is 1. The maximum atomic E-state index is 12.9. The summed E-state index contributed by atoms with van der Waals surface area (Å²) in [4.78, 5) is 20.6. The average Bonchev–Trinajstić information content (AvgIpc) is 2.87. The van der Waals surface area contributed by atoms with Gasteiger partial charge in [-0.3, -0.25) is 9.69 Å². The van der Waals surface area contributed by atoms with Crippen molar-refractivity contribution >= 4 is 17.2 Å². The monoisotopic (exact) mass is 431 g/mol. The first-order valence-corrected chi connectivity index (χ1v) is 9.96. The molecule has 1 saturated heterocycles. The van der Waals surface area contributed by atoms with E-state index in [1.54, 1.807) is 11.8 Å². The molecule has 0 radical (unpaired) electrons. The van der Waals surface area contributed by atoms with Gasteiger partial charge in [-0.2, -0.15) is 13.2 Å². The summed E-state index contributed by atoms with van der Waals surface area (Å²) < 4.78 is 56.3. The SMILES string of the molecule is Cc1nc(COc2ccc(F)cc2)sc1C(=O)N1CCCN(CC(F)(F)F)CC1. The maximum absolute atomic E-state index is 12.9. The lowest BCUT2D eigenvalue weighted by molar-refractivity contribution is -0.145. The van der Waals surface area contributed by atoms with Crippen molar-refractivity contribution in [3.8, 4) is 5.75 Å². The third-order valence-corrected chi connectivity index (χ3v) is 5.61. The average molecular weight is 431 g/mol. The van der Waals surface area contributed by atoms with Gasteiger partial charge in [0.2, 0.25) is 0 Å². The van der Waals surface area contributed by atoms with Crippen LogP contribution in [0.2, 0.25) is 0 Å². The Hall–Kier alpha value is -2.20. The molecule has 10 heteroatoms. The molecule has 1 amide bonds. The first kappa shape index (κ1) is 21.5. The van der Waals surface area contributed by atoms with Gasteiger partial charge in [0.25, 0.3) is 5.91 Å². The Morgan fingerprint density at radius 3 is 2.59 bits per heavy atom. The van der Waals surface area contributed by atoms with Crippen LogP contribution in [-0.4, -0.2) is 59.6 Å². The lowest BCUT2D eigenvalue weighted by Crippen LogP contribution is -2.38. The molecule has 1 aromatic carbocycles. The molecule has 2 aromatic rings. The van der Waals surface area contributed by atoms with E-state index in [0.717, 1.165) is 0 Å². The van der Waals surface area contributed by atoms with Gasteiger partial charge in [0.1, 0.15) is 28.1 Å². The predicted molar refractivity (Wildman–Crippen MR) is 101 cm³/mol. The normalized spacial score (nSPS) is 16.0. The fourth-order valence-corrected chi connectivity index (χ4v) is 4.06. The summed E-state index contributed by atoms with van der Waals surface area (Å²) in [5.74, 6) is -0.0899. The Bertz CT molecular complexity index is 839. The molecule has 0 aliphatic carbocycles. The number of alkyl halides is 3. The zero-order valence-electron chi connectivity index (χ0n) is 15.8. The number of benzene rings is 1. The number of hydrogen-bond donors (Lipinski definition) is 0. The van der Waals surface area contributed by atoms with Crippen molar-refractivity contribution in [2.75, 3.05) is 32.7 Å². The molecule has 3 rings (SSSR count). The molecule has 0 bridgehead atoms. The minimum absolute atomic E-state index is 0.143. The molecule has 1 aliphatic heterocycles. The first-order chi connectivity index (χ1) is 13.7. The van der Waals surface area contributed by atoms with Gasteiger partial charge in [-0.1, -0.05) is 0 Å². The van der Waals surface area contributed by atoms with Crippen LogP contribution in [0, 0.1) is 12.7 Å². The molecule has 0 unspecified atom stereocenters. The number of thiazole rings is 1. The van der Waals surface area contributed by atoms with Gasteiger partial charge in [-0.15, -0.1) is 11.3 Å². The van der Waals surface area contributed by atoms with Gasteiger partial charge in [0.05, 0.1) is 12.2 Å². The van der Waals surface area contributed by atoms with Crippen molar-refractivity contribution < 1.29 is 27.1 Å². The highest BCUT2D eigenvalue weighted by Gasteiger charge is 2.32. The zero-order valence-corrected chi connectivity index (χ0v) is 16.7. The lowest BCUT2D eigenvalue weighted by Gasteiger charge is -2.22. The number of aryl methyl sites for hydroxylation is 1. The molecule has 29 heavy (non-hydrogen) atoms. The lowest BCUT2D eigenvalue weighted by atomic mass is 10.3. The van der Waals surface area contributed by atoms with E-state index in [1.165, 1.54) is 40.5 Å². The smallest absolute Gasteiger partial charge is 0.401 e. The molecule has 5 nitrogen and oxygen atoms in total. The van der Waals surface area contributed by atoms with E-state index in [-0.39, 0.29) is 31.4 Å². The van der Waals surface area contributed by atoms with Gasteiger partial charge >= 0.3 is 6.18 Å². The molecule has 0 atom stereocenters. The third-order valence-electron chi connectivity index (χ3n) is 4.49. The summed E-state index contributed by atoms with van der Waals surface area (Å²) in [5, 5.41) is 0.601. The summed E-state index contributed by atoms with van der Waals surface area (Å²) in [6, 6.07) is 5.59. The summed E-state index contributed by atoms with van der Waals surface area (Å²) >= 11 is 1.21. The van der Waals surface area contributed by atoms with Crippen LogP contribution in [0.1, 0.15) is 26.8 Å². The Kier molecular flexibility index (Phi) is 6.74. The van der Waals surface area contributed by atoms with Crippen molar-refractivity contribution in [3.05, 3.63) is 45.7 Å². The van der Waals surface area contributed by atoms with Crippen molar-refractivity contribution in [2.45, 2.75) is 26.1 Å². The first-order valence-electron chi connectivity index (χ1n) is 9.14. The van der Waals surface area contributed by atoms with E-state index in [1.807, 2.05) is 0 Å². The third kappa shape index (κ3) is 6.14. The van der Waals surface area contributed by atoms with Gasteiger partial charge in [-0.05, 0) is 37.6 Å². The zero-order chi connectivity index (χ0) is 21.0. The van der Waals surface area contributed by atoms with E-state index in [0.29, 0.717) is 40.8 Å². The largest absolute Gasteiger partial charge is 0.486 e. The van der Waals surface area contributed by atoms with Crippen LogP contribution >= 0.6 is 11.3 Å². The van der Waals surface area contributed by atoms with Gasteiger partial charge < -0.3 is 9.64 Å². The number of carbonyl (C=O) groups is 1. The molecule has 0 spiro atoms. The van der Waals surface area contributed by atoms with Crippen LogP contribution in [0.15, 0.2) is 24.3 Å². The highest BCUT2D eigenvalue weighted by molar-refractivity contribution is 7.13. The van der Waals surface area contributed by atoms with Crippen LogP contribution in [0.25, 0.3) is 0 Å². The number of nitrogens with zero attached hydrogens (tertiary/aromatic N) is 3. The van der Waals surface area contributed by atoms with E-state index in [4.69, 9.17) is 4.74 Å².